The quantitative estimate of drug-likeness (QED) is 0.371. The number of rotatable bonds is 2. The Bertz CT molecular complexity index is 1190. The third kappa shape index (κ3) is 1.76. The largest absolute Gasteiger partial charge is 0.470 e. The molecule has 1 aromatic carbocycles. The Kier molecular flexibility index (Phi) is 2.53. The number of aryl methyl sites for hydroxylation is 2. The number of aromatic nitrogens is 4. The first-order valence-corrected chi connectivity index (χ1v) is 7.57. The molecule has 0 bridgehead atoms. The van der Waals surface area contributed by atoms with Crippen LogP contribution in [0.2, 0.25) is 0 Å². The highest BCUT2D eigenvalue weighted by atomic mass is 16.3. The van der Waals surface area contributed by atoms with Gasteiger partial charge in [-0.2, -0.15) is 0 Å². The van der Waals surface area contributed by atoms with E-state index in [2.05, 4.69) is 17.4 Å². The van der Waals surface area contributed by atoms with E-state index in [1.807, 2.05) is 52.5 Å². The third-order valence-electron chi connectivity index (χ3n) is 4.28. The normalized spacial score (nSPS) is 11.8. The van der Waals surface area contributed by atoms with Gasteiger partial charge in [-0.25, -0.2) is 4.98 Å². The summed E-state index contributed by atoms with van der Waals surface area (Å²) in [4.78, 5) is 4.42. The van der Waals surface area contributed by atoms with E-state index in [0.717, 1.165) is 39.0 Å². The smallest absolute Gasteiger partial charge is 0.243 e. The van der Waals surface area contributed by atoms with Gasteiger partial charge in [0.2, 0.25) is 6.33 Å². The van der Waals surface area contributed by atoms with E-state index in [1.54, 1.807) is 18.7 Å². The molecule has 0 spiro atoms. The first-order valence-electron chi connectivity index (χ1n) is 7.57. The summed E-state index contributed by atoms with van der Waals surface area (Å²) in [7, 11) is 3.91. The molecule has 5 aromatic rings. The average Bonchev–Trinajstić information content (AvgIpc) is 3.31. The maximum absolute atomic E-state index is 5.72. The number of imidazole rings is 2. The Morgan fingerprint density at radius 1 is 1.08 bits per heavy atom. The molecule has 0 aliphatic carbocycles. The predicted octanol–water partition coefficient (Wildman–Crippen LogP) is 2.99. The number of furan rings is 2. The van der Waals surface area contributed by atoms with Crippen molar-refractivity contribution in [3.05, 3.63) is 55.8 Å². The van der Waals surface area contributed by atoms with Crippen LogP contribution in [0.3, 0.4) is 0 Å². The Labute approximate surface area is 137 Å². The summed E-state index contributed by atoms with van der Waals surface area (Å²) in [5, 5.41) is 2.02. The van der Waals surface area contributed by atoms with E-state index in [-0.39, 0.29) is 0 Å². The molecule has 0 unspecified atom stereocenters. The van der Waals surface area contributed by atoms with Crippen LogP contribution in [0.15, 0.2) is 58.3 Å². The van der Waals surface area contributed by atoms with E-state index < -0.39 is 0 Å². The fraction of sp³-hybridized carbons (Fsp3) is 0.111. The number of hydrogen-bond acceptors (Lipinski definition) is 3. The summed E-state index contributed by atoms with van der Waals surface area (Å²) >= 11 is 0. The summed E-state index contributed by atoms with van der Waals surface area (Å²) < 4.78 is 17.2. The fourth-order valence-corrected chi connectivity index (χ4v) is 3.06. The highest BCUT2D eigenvalue weighted by molar-refractivity contribution is 6.03. The molecule has 118 valence electrons. The Morgan fingerprint density at radius 3 is 2.67 bits per heavy atom. The zero-order valence-corrected chi connectivity index (χ0v) is 13.2. The van der Waals surface area contributed by atoms with Gasteiger partial charge in [0.25, 0.3) is 0 Å². The van der Waals surface area contributed by atoms with Crippen LogP contribution in [0.4, 0.5) is 0 Å². The molecule has 0 aliphatic rings. The lowest BCUT2D eigenvalue weighted by atomic mass is 10.1. The van der Waals surface area contributed by atoms with E-state index >= 15 is 0 Å². The van der Waals surface area contributed by atoms with Gasteiger partial charge in [0.05, 0.1) is 24.6 Å². The maximum Gasteiger partial charge on any atom is 0.243 e. The SMILES string of the molecule is Cn1ccnc1-c1coc2cc3occ(-n4[c-][n+](C)cc4)c3cc12. The summed E-state index contributed by atoms with van der Waals surface area (Å²) in [6, 6.07) is 4.01. The first-order chi connectivity index (χ1) is 11.7. The van der Waals surface area contributed by atoms with Crippen molar-refractivity contribution in [3.8, 4) is 17.1 Å². The second kappa shape index (κ2) is 4.61. The molecule has 0 aliphatic heterocycles. The van der Waals surface area contributed by atoms with Crippen LogP contribution >= 0.6 is 0 Å². The summed E-state index contributed by atoms with van der Waals surface area (Å²) in [5.41, 5.74) is 3.47. The molecule has 0 N–H and O–H groups in total. The fourth-order valence-electron chi connectivity index (χ4n) is 3.06. The molecular weight excluding hydrogens is 304 g/mol. The molecule has 4 heterocycles. The average molecular weight is 318 g/mol. The number of hydrogen-bond donors (Lipinski definition) is 0. The second-order valence-electron chi connectivity index (χ2n) is 5.86. The van der Waals surface area contributed by atoms with Crippen LogP contribution in [0, 0.1) is 6.33 Å². The molecule has 5 rings (SSSR count). The van der Waals surface area contributed by atoms with Crippen molar-refractivity contribution in [1.29, 1.82) is 0 Å². The third-order valence-corrected chi connectivity index (χ3v) is 4.28. The molecule has 24 heavy (non-hydrogen) atoms. The Hall–Kier alpha value is -3.28. The van der Waals surface area contributed by atoms with Gasteiger partial charge in [-0.1, -0.05) is 0 Å². The van der Waals surface area contributed by atoms with Gasteiger partial charge in [-0.3, -0.25) is 0 Å². The zero-order valence-electron chi connectivity index (χ0n) is 13.2. The topological polar surface area (TPSA) is 52.9 Å². The molecule has 0 fully saturated rings. The van der Waals surface area contributed by atoms with Crippen molar-refractivity contribution in [2.45, 2.75) is 0 Å². The number of nitrogens with zero attached hydrogens (tertiary/aromatic N) is 4. The number of fused-ring (bicyclic) bond motifs is 2. The van der Waals surface area contributed by atoms with Gasteiger partial charge >= 0.3 is 0 Å². The molecule has 0 saturated heterocycles. The van der Waals surface area contributed by atoms with Gasteiger partial charge < -0.3 is 22.5 Å². The van der Waals surface area contributed by atoms with Crippen molar-refractivity contribution >= 4 is 21.9 Å². The minimum atomic E-state index is 0.781. The Balaban J connectivity index is 1.80. The number of benzene rings is 1. The van der Waals surface area contributed by atoms with Crippen LogP contribution in [0.1, 0.15) is 0 Å². The van der Waals surface area contributed by atoms with Crippen LogP contribution in [0.5, 0.6) is 0 Å². The Morgan fingerprint density at radius 2 is 1.92 bits per heavy atom. The molecule has 0 radical (unpaired) electrons. The maximum atomic E-state index is 5.72. The van der Waals surface area contributed by atoms with Gasteiger partial charge in [0.1, 0.15) is 23.3 Å². The van der Waals surface area contributed by atoms with E-state index in [1.165, 1.54) is 0 Å². The lowest BCUT2D eigenvalue weighted by Crippen LogP contribution is -2.24. The lowest BCUT2D eigenvalue weighted by Gasteiger charge is -2.01. The van der Waals surface area contributed by atoms with Gasteiger partial charge in [-0.15, -0.1) is 0 Å². The molecule has 6 heteroatoms. The van der Waals surface area contributed by atoms with E-state index in [4.69, 9.17) is 8.83 Å². The monoisotopic (exact) mass is 318 g/mol. The van der Waals surface area contributed by atoms with Crippen molar-refractivity contribution < 1.29 is 13.4 Å². The van der Waals surface area contributed by atoms with Gasteiger partial charge in [0, 0.05) is 48.7 Å². The van der Waals surface area contributed by atoms with E-state index in [0.29, 0.717) is 0 Å². The first kappa shape index (κ1) is 13.2. The molecule has 0 atom stereocenters. The van der Waals surface area contributed by atoms with Crippen molar-refractivity contribution in [2.24, 2.45) is 14.1 Å². The van der Waals surface area contributed by atoms with Crippen molar-refractivity contribution in [2.75, 3.05) is 0 Å². The highest BCUT2D eigenvalue weighted by Crippen LogP contribution is 2.35. The van der Waals surface area contributed by atoms with Crippen LogP contribution in [-0.4, -0.2) is 14.1 Å². The molecule has 4 aromatic heterocycles. The lowest BCUT2D eigenvalue weighted by molar-refractivity contribution is -0.674. The van der Waals surface area contributed by atoms with Crippen LogP contribution in [-0.2, 0) is 14.1 Å². The molecule has 6 nitrogen and oxygen atoms in total. The van der Waals surface area contributed by atoms with E-state index in [9.17, 15) is 0 Å². The predicted molar refractivity (Wildman–Crippen MR) is 87.5 cm³/mol. The van der Waals surface area contributed by atoms with Crippen molar-refractivity contribution in [3.63, 3.8) is 0 Å². The molecular formula is C18H14N4O2. The van der Waals surface area contributed by atoms with Crippen LogP contribution in [0.25, 0.3) is 39.0 Å². The summed E-state index contributed by atoms with van der Waals surface area (Å²) in [6.45, 7) is 0. The zero-order chi connectivity index (χ0) is 16.3. The molecule has 0 saturated carbocycles. The minimum Gasteiger partial charge on any atom is -0.470 e. The van der Waals surface area contributed by atoms with Crippen LogP contribution < -0.4 is 4.57 Å². The second-order valence-corrected chi connectivity index (χ2v) is 5.86. The van der Waals surface area contributed by atoms with Gasteiger partial charge in [0.15, 0.2) is 0 Å². The molecule has 0 amide bonds. The van der Waals surface area contributed by atoms with Crippen molar-refractivity contribution in [1.82, 2.24) is 14.1 Å². The summed E-state index contributed by atoms with van der Waals surface area (Å²) in [6.07, 6.45) is 14.3. The summed E-state index contributed by atoms with van der Waals surface area (Å²) in [5.74, 6) is 0.872. The minimum absolute atomic E-state index is 0.781. The highest BCUT2D eigenvalue weighted by Gasteiger charge is 2.16. The van der Waals surface area contributed by atoms with Gasteiger partial charge in [-0.05, 0) is 6.07 Å². The standard InChI is InChI=1S/C18H14N4O2/c1-20-5-6-22(11-20)15-10-24-17-8-16-12(7-13(15)17)14(9-23-16)18-19-3-4-21(18)2/h3-10H,1-2H3.